The summed E-state index contributed by atoms with van der Waals surface area (Å²) in [5, 5.41) is 3.07. The molecular formula is C26H25N3O4. The molecule has 0 radical (unpaired) electrons. The number of rotatable bonds is 2. The van der Waals surface area contributed by atoms with Crippen molar-refractivity contribution in [1.29, 1.82) is 0 Å². The number of hydrogen-bond donors (Lipinski definition) is 1. The van der Waals surface area contributed by atoms with Gasteiger partial charge >= 0.3 is 0 Å². The van der Waals surface area contributed by atoms with Crippen molar-refractivity contribution >= 4 is 34.9 Å². The molecule has 168 valence electrons. The van der Waals surface area contributed by atoms with E-state index in [9.17, 15) is 19.2 Å². The maximum atomic E-state index is 13.9. The van der Waals surface area contributed by atoms with Crippen LogP contribution in [0, 0.1) is 25.7 Å². The molecular weight excluding hydrogens is 418 g/mol. The van der Waals surface area contributed by atoms with Gasteiger partial charge in [-0.15, -0.1) is 0 Å². The number of carbonyl (C=O) groups excluding carboxylic acids is 4. The summed E-state index contributed by atoms with van der Waals surface area (Å²) in [6.45, 7) is 6.14. The molecule has 0 bridgehead atoms. The van der Waals surface area contributed by atoms with E-state index >= 15 is 0 Å². The maximum Gasteiger partial charge on any atom is 0.250 e. The normalized spacial score (nSPS) is 30.1. The van der Waals surface area contributed by atoms with Gasteiger partial charge in [-0.1, -0.05) is 12.1 Å². The quantitative estimate of drug-likeness (QED) is 0.570. The third kappa shape index (κ3) is 2.33. The zero-order chi connectivity index (χ0) is 23.2. The van der Waals surface area contributed by atoms with Crippen LogP contribution in [0.25, 0.3) is 0 Å². The number of fused-ring (bicyclic) bond motifs is 7. The van der Waals surface area contributed by atoms with E-state index in [2.05, 4.69) is 10.2 Å². The number of ketones is 1. The van der Waals surface area contributed by atoms with Crippen molar-refractivity contribution in [3.8, 4) is 0 Å². The number of Topliss-reactive ketones (excluding diaryl/α,β-unsaturated/α-hetero) is 1. The molecule has 33 heavy (non-hydrogen) atoms. The van der Waals surface area contributed by atoms with Gasteiger partial charge in [0.15, 0.2) is 5.78 Å². The fourth-order valence-electron chi connectivity index (χ4n) is 6.62. The lowest BCUT2D eigenvalue weighted by Crippen LogP contribution is -2.54. The second kappa shape index (κ2) is 6.60. The van der Waals surface area contributed by atoms with Crippen LogP contribution in [-0.2, 0) is 19.9 Å². The third-order valence-electron chi connectivity index (χ3n) is 8.23. The van der Waals surface area contributed by atoms with Crippen molar-refractivity contribution in [3.63, 3.8) is 0 Å². The zero-order valence-electron chi connectivity index (χ0n) is 18.8. The van der Waals surface area contributed by atoms with Crippen molar-refractivity contribution in [2.24, 2.45) is 11.8 Å². The Morgan fingerprint density at radius 3 is 2.45 bits per heavy atom. The average Bonchev–Trinajstić information content (AvgIpc) is 3.50. The van der Waals surface area contributed by atoms with Crippen LogP contribution >= 0.6 is 0 Å². The van der Waals surface area contributed by atoms with Crippen molar-refractivity contribution in [1.82, 2.24) is 4.90 Å². The maximum absolute atomic E-state index is 13.9. The van der Waals surface area contributed by atoms with Crippen LogP contribution in [-0.4, -0.2) is 41.0 Å². The van der Waals surface area contributed by atoms with E-state index in [1.165, 1.54) is 11.8 Å². The van der Waals surface area contributed by atoms with Crippen LogP contribution in [0.2, 0.25) is 0 Å². The number of imide groups is 1. The fourth-order valence-corrected chi connectivity index (χ4v) is 6.62. The predicted octanol–water partition coefficient (Wildman–Crippen LogP) is 2.94. The first-order valence-electron chi connectivity index (χ1n) is 11.5. The minimum absolute atomic E-state index is 0.0806. The lowest BCUT2D eigenvalue weighted by atomic mass is 9.75. The lowest BCUT2D eigenvalue weighted by Gasteiger charge is -2.36. The smallest absolute Gasteiger partial charge is 0.250 e. The molecule has 6 rings (SSSR count). The van der Waals surface area contributed by atoms with Gasteiger partial charge in [-0.25, -0.2) is 4.90 Å². The number of nitrogens with one attached hydrogen (secondary N) is 1. The van der Waals surface area contributed by atoms with Gasteiger partial charge in [0.1, 0.15) is 5.54 Å². The molecule has 4 aliphatic rings. The van der Waals surface area contributed by atoms with Gasteiger partial charge in [0.05, 0.1) is 17.5 Å². The Kier molecular flexibility index (Phi) is 4.06. The summed E-state index contributed by atoms with van der Waals surface area (Å²) < 4.78 is 0. The van der Waals surface area contributed by atoms with Gasteiger partial charge in [0, 0.05) is 22.9 Å². The summed E-state index contributed by atoms with van der Waals surface area (Å²) >= 11 is 0. The molecule has 3 saturated heterocycles. The molecule has 1 spiro atoms. The minimum Gasteiger partial charge on any atom is -0.324 e. The molecule has 0 aliphatic carbocycles. The Morgan fingerprint density at radius 1 is 1.03 bits per heavy atom. The Morgan fingerprint density at radius 2 is 1.76 bits per heavy atom. The van der Waals surface area contributed by atoms with E-state index in [0.29, 0.717) is 17.8 Å². The molecule has 0 unspecified atom stereocenters. The van der Waals surface area contributed by atoms with Crippen LogP contribution < -0.4 is 10.2 Å². The first kappa shape index (κ1) is 20.3. The SMILES string of the molecule is CC(=O)c1ccc(N2C(=O)[C@@H]3[C@@H]4CCCN4[C@@]4(C(=O)Nc5c4ccc(C)c5C)[C@H]3C2=O)cc1. The molecule has 0 saturated carbocycles. The molecule has 4 aliphatic heterocycles. The number of aryl methyl sites for hydroxylation is 1. The molecule has 4 atom stereocenters. The summed E-state index contributed by atoms with van der Waals surface area (Å²) in [5.74, 6) is -2.21. The number of amides is 3. The van der Waals surface area contributed by atoms with Gasteiger partial charge in [0.25, 0.3) is 0 Å². The molecule has 1 N–H and O–H groups in total. The Balaban J connectivity index is 1.52. The molecule has 7 nitrogen and oxygen atoms in total. The van der Waals surface area contributed by atoms with E-state index in [1.807, 2.05) is 26.0 Å². The number of anilines is 2. The lowest BCUT2D eigenvalue weighted by molar-refractivity contribution is -0.135. The van der Waals surface area contributed by atoms with E-state index in [4.69, 9.17) is 0 Å². The first-order chi connectivity index (χ1) is 15.8. The highest BCUT2D eigenvalue weighted by Gasteiger charge is 2.74. The number of hydrogen-bond acceptors (Lipinski definition) is 5. The van der Waals surface area contributed by atoms with Crippen LogP contribution in [0.3, 0.4) is 0 Å². The summed E-state index contributed by atoms with van der Waals surface area (Å²) in [6.07, 6.45) is 1.67. The highest BCUT2D eigenvalue weighted by molar-refractivity contribution is 6.26. The Hall–Kier alpha value is -3.32. The average molecular weight is 444 g/mol. The van der Waals surface area contributed by atoms with E-state index in [1.54, 1.807) is 24.3 Å². The van der Waals surface area contributed by atoms with Crippen LogP contribution in [0.1, 0.15) is 46.8 Å². The van der Waals surface area contributed by atoms with Crippen LogP contribution in [0.4, 0.5) is 11.4 Å². The second-order valence-electron chi connectivity index (χ2n) is 9.67. The van der Waals surface area contributed by atoms with Crippen molar-refractivity contribution in [3.05, 3.63) is 58.7 Å². The van der Waals surface area contributed by atoms with Crippen LogP contribution in [0.5, 0.6) is 0 Å². The molecule has 0 aromatic heterocycles. The summed E-state index contributed by atoms with van der Waals surface area (Å²) in [4.78, 5) is 56.4. The molecule has 3 amide bonds. The fraction of sp³-hybridized carbons (Fsp3) is 0.385. The molecule has 2 aromatic rings. The van der Waals surface area contributed by atoms with Crippen molar-refractivity contribution in [2.75, 3.05) is 16.8 Å². The molecule has 7 heteroatoms. The highest BCUT2D eigenvalue weighted by atomic mass is 16.2. The molecule has 4 heterocycles. The Labute approximate surface area is 191 Å². The Bertz CT molecular complexity index is 1270. The molecule has 2 aromatic carbocycles. The number of benzene rings is 2. The van der Waals surface area contributed by atoms with E-state index < -0.39 is 17.4 Å². The largest absolute Gasteiger partial charge is 0.324 e. The predicted molar refractivity (Wildman–Crippen MR) is 122 cm³/mol. The highest BCUT2D eigenvalue weighted by Crippen LogP contribution is 2.61. The summed E-state index contributed by atoms with van der Waals surface area (Å²) in [5.41, 5.74) is 3.44. The standard InChI is InChI=1S/C26H25N3O4/c1-13-6-11-18-22(14(13)2)27-25(33)26(18)21-20(19-5-4-12-28(19)26)23(31)29(24(21)32)17-9-7-16(8-10-17)15(3)30/h6-11,19-21H,4-5,12H2,1-3H3,(H,27,33)/t19-,20+,21+,26+/m0/s1. The van der Waals surface area contributed by atoms with Crippen LogP contribution in [0.15, 0.2) is 36.4 Å². The zero-order valence-corrected chi connectivity index (χ0v) is 18.8. The van der Waals surface area contributed by atoms with Gasteiger partial charge < -0.3 is 5.32 Å². The number of carbonyl (C=O) groups is 4. The van der Waals surface area contributed by atoms with Gasteiger partial charge in [-0.3, -0.25) is 24.1 Å². The van der Waals surface area contributed by atoms with Gasteiger partial charge in [0.2, 0.25) is 17.7 Å². The van der Waals surface area contributed by atoms with Gasteiger partial charge in [-0.05, 0) is 75.5 Å². The van der Waals surface area contributed by atoms with Crippen molar-refractivity contribution in [2.45, 2.75) is 45.2 Å². The third-order valence-corrected chi connectivity index (χ3v) is 8.23. The number of nitrogens with zero attached hydrogens (tertiary/aromatic N) is 2. The second-order valence-corrected chi connectivity index (χ2v) is 9.67. The summed E-state index contributed by atoms with van der Waals surface area (Å²) in [7, 11) is 0. The van der Waals surface area contributed by atoms with E-state index in [0.717, 1.165) is 35.2 Å². The monoisotopic (exact) mass is 443 g/mol. The summed E-state index contributed by atoms with van der Waals surface area (Å²) in [6, 6.07) is 10.3. The topological polar surface area (TPSA) is 86.8 Å². The van der Waals surface area contributed by atoms with Gasteiger partial charge in [-0.2, -0.15) is 0 Å². The first-order valence-corrected chi connectivity index (χ1v) is 11.5. The molecule has 3 fully saturated rings. The minimum atomic E-state index is -1.17. The van der Waals surface area contributed by atoms with Crippen molar-refractivity contribution < 1.29 is 19.2 Å². The van der Waals surface area contributed by atoms with E-state index in [-0.39, 0.29) is 29.5 Å².